The summed E-state index contributed by atoms with van der Waals surface area (Å²) in [6.45, 7) is 4.63. The van der Waals surface area contributed by atoms with E-state index in [0.717, 1.165) is 23.6 Å². The molecule has 1 aliphatic rings. The van der Waals surface area contributed by atoms with Crippen molar-refractivity contribution in [1.82, 2.24) is 19.1 Å². The van der Waals surface area contributed by atoms with Crippen molar-refractivity contribution in [3.05, 3.63) is 33.7 Å². The largest absolute Gasteiger partial charge is 0.344 e. The highest BCUT2D eigenvalue weighted by Gasteiger charge is 2.37. The van der Waals surface area contributed by atoms with Crippen molar-refractivity contribution in [2.24, 2.45) is 0 Å². The van der Waals surface area contributed by atoms with Crippen LogP contribution in [0, 0.1) is 10.1 Å². The fourth-order valence-corrected chi connectivity index (χ4v) is 5.78. The molecule has 0 radical (unpaired) electrons. The van der Waals surface area contributed by atoms with Crippen LogP contribution in [0.3, 0.4) is 0 Å². The molecule has 0 bridgehead atoms. The van der Waals surface area contributed by atoms with Crippen LogP contribution in [0.15, 0.2) is 22.7 Å². The third kappa shape index (κ3) is 3.31. The maximum absolute atomic E-state index is 12.9. The molecule has 0 amide bonds. The normalized spacial score (nSPS) is 19.4. The van der Waals surface area contributed by atoms with Crippen LogP contribution < -0.4 is 0 Å². The Labute approximate surface area is 149 Å². The van der Waals surface area contributed by atoms with Gasteiger partial charge in [0.05, 0.1) is 4.92 Å². The van der Waals surface area contributed by atoms with E-state index >= 15 is 0 Å². The highest BCUT2D eigenvalue weighted by molar-refractivity contribution is 7.89. The lowest BCUT2D eigenvalue weighted by Crippen LogP contribution is -2.39. The van der Waals surface area contributed by atoms with Gasteiger partial charge in [-0.15, -0.1) is 10.2 Å². The summed E-state index contributed by atoms with van der Waals surface area (Å²) in [6.07, 6.45) is 3.13. The molecule has 1 saturated heterocycles. The highest BCUT2D eigenvalue weighted by Crippen LogP contribution is 2.35. The first-order chi connectivity index (χ1) is 11.8. The number of rotatable bonds is 5. The van der Waals surface area contributed by atoms with Crippen molar-refractivity contribution in [1.29, 1.82) is 0 Å². The molecule has 0 spiro atoms. The summed E-state index contributed by atoms with van der Waals surface area (Å²) >= 11 is 0.822. The molecule has 3 heterocycles. The minimum Gasteiger partial charge on any atom is -0.315 e. The molecule has 2 aromatic heterocycles. The first-order valence-electron chi connectivity index (χ1n) is 7.93. The average molecular weight is 385 g/mol. The molecule has 9 nitrogen and oxygen atoms in total. The lowest BCUT2D eigenvalue weighted by Gasteiger charge is -2.31. The number of hydrogen-bond acceptors (Lipinski definition) is 7. The fraction of sp³-hybridized carbons (Fsp3) is 0.571. The van der Waals surface area contributed by atoms with Gasteiger partial charge in [-0.25, -0.2) is 8.42 Å². The van der Waals surface area contributed by atoms with Gasteiger partial charge < -0.3 is 4.57 Å². The molecular formula is C14H19N5O4S2. The van der Waals surface area contributed by atoms with Gasteiger partial charge in [-0.3, -0.25) is 10.1 Å². The molecule has 1 aliphatic heterocycles. The second-order valence-corrected chi connectivity index (χ2v) is 9.04. The zero-order chi connectivity index (χ0) is 18.2. The molecule has 0 saturated carbocycles. The van der Waals surface area contributed by atoms with Gasteiger partial charge in [-0.2, -0.15) is 4.31 Å². The number of thiophene rings is 1. The van der Waals surface area contributed by atoms with E-state index in [-0.39, 0.29) is 28.4 Å². The zero-order valence-corrected chi connectivity index (χ0v) is 15.5. The molecule has 25 heavy (non-hydrogen) atoms. The topological polar surface area (TPSA) is 111 Å². The van der Waals surface area contributed by atoms with Gasteiger partial charge in [-0.1, -0.05) is 11.3 Å². The van der Waals surface area contributed by atoms with Crippen LogP contribution in [0.5, 0.6) is 0 Å². The minimum atomic E-state index is -3.91. The maximum Gasteiger partial charge on any atom is 0.344 e. The first-order valence-corrected chi connectivity index (χ1v) is 10.3. The number of aromatic nitrogens is 3. The summed E-state index contributed by atoms with van der Waals surface area (Å²) in [5, 5.41) is 20.3. The van der Waals surface area contributed by atoms with E-state index in [0.29, 0.717) is 13.0 Å². The lowest BCUT2D eigenvalue weighted by atomic mass is 9.98. The van der Waals surface area contributed by atoms with Crippen LogP contribution in [-0.4, -0.2) is 45.5 Å². The van der Waals surface area contributed by atoms with Crippen LogP contribution in [0.2, 0.25) is 0 Å². The second kappa shape index (κ2) is 6.81. The molecule has 0 aliphatic carbocycles. The summed E-state index contributed by atoms with van der Waals surface area (Å²) in [7, 11) is -3.91. The van der Waals surface area contributed by atoms with Gasteiger partial charge in [0.25, 0.3) is 10.0 Å². The number of sulfonamides is 1. The summed E-state index contributed by atoms with van der Waals surface area (Å²) in [6, 6.07) is 1.48. The van der Waals surface area contributed by atoms with E-state index in [2.05, 4.69) is 10.2 Å². The van der Waals surface area contributed by atoms with Crippen molar-refractivity contribution in [2.45, 2.75) is 43.5 Å². The number of piperidine rings is 1. The maximum atomic E-state index is 12.9. The number of nitro groups is 1. The fourth-order valence-electron chi connectivity index (χ4n) is 3.07. The van der Waals surface area contributed by atoms with Gasteiger partial charge in [-0.05, 0) is 38.1 Å². The quantitative estimate of drug-likeness (QED) is 0.577. The van der Waals surface area contributed by atoms with Gasteiger partial charge in [0.2, 0.25) is 0 Å². The van der Waals surface area contributed by atoms with Gasteiger partial charge in [0, 0.05) is 25.0 Å². The smallest absolute Gasteiger partial charge is 0.315 e. The van der Waals surface area contributed by atoms with E-state index in [1.165, 1.54) is 15.8 Å². The van der Waals surface area contributed by atoms with Crippen LogP contribution in [0.4, 0.5) is 5.00 Å². The minimum absolute atomic E-state index is 0.0777. The van der Waals surface area contributed by atoms with Crippen molar-refractivity contribution in [3.8, 4) is 0 Å². The summed E-state index contributed by atoms with van der Waals surface area (Å²) in [5.74, 6) is 0.681. The predicted molar refractivity (Wildman–Crippen MR) is 92.1 cm³/mol. The third-order valence-corrected chi connectivity index (χ3v) is 7.19. The molecule has 11 heteroatoms. The molecule has 1 unspecified atom stereocenters. The Kier molecular flexibility index (Phi) is 4.89. The molecule has 136 valence electrons. The SMILES string of the molecule is CC(C)n1cnnc1C1CCCN(S(=O)(=O)c2ccsc2[N+](=O)[O-])C1. The number of nitrogens with zero attached hydrogens (tertiary/aromatic N) is 5. The van der Waals surface area contributed by atoms with E-state index in [9.17, 15) is 18.5 Å². The van der Waals surface area contributed by atoms with E-state index in [4.69, 9.17) is 0 Å². The Morgan fingerprint density at radius 1 is 1.44 bits per heavy atom. The average Bonchev–Trinajstić information content (AvgIpc) is 3.24. The van der Waals surface area contributed by atoms with E-state index in [1.54, 1.807) is 6.33 Å². The van der Waals surface area contributed by atoms with Crippen LogP contribution in [0.1, 0.15) is 44.5 Å². The summed E-state index contributed by atoms with van der Waals surface area (Å²) < 4.78 is 29.1. The van der Waals surface area contributed by atoms with Crippen LogP contribution in [0.25, 0.3) is 0 Å². The Morgan fingerprint density at radius 3 is 2.88 bits per heavy atom. The Morgan fingerprint density at radius 2 is 2.20 bits per heavy atom. The van der Waals surface area contributed by atoms with Crippen LogP contribution in [-0.2, 0) is 10.0 Å². The van der Waals surface area contributed by atoms with Crippen LogP contribution >= 0.6 is 11.3 Å². The molecule has 3 rings (SSSR count). The summed E-state index contributed by atoms with van der Waals surface area (Å²) in [4.78, 5) is 10.2. The summed E-state index contributed by atoms with van der Waals surface area (Å²) in [5.41, 5.74) is 0. The molecule has 0 aromatic carbocycles. The van der Waals surface area contributed by atoms with Gasteiger partial charge in [0.15, 0.2) is 4.90 Å². The highest BCUT2D eigenvalue weighted by atomic mass is 32.2. The zero-order valence-electron chi connectivity index (χ0n) is 13.9. The van der Waals surface area contributed by atoms with Gasteiger partial charge in [0.1, 0.15) is 12.2 Å². The molecule has 1 atom stereocenters. The van der Waals surface area contributed by atoms with Crippen molar-refractivity contribution >= 4 is 26.4 Å². The molecule has 2 aromatic rings. The predicted octanol–water partition coefficient (Wildman–Crippen LogP) is 2.40. The second-order valence-electron chi connectivity index (χ2n) is 6.24. The van der Waals surface area contributed by atoms with Crippen molar-refractivity contribution in [2.75, 3.05) is 13.1 Å². The Balaban J connectivity index is 1.89. The first kappa shape index (κ1) is 18.0. The number of hydrogen-bond donors (Lipinski definition) is 0. The van der Waals surface area contributed by atoms with Crippen molar-refractivity contribution < 1.29 is 13.3 Å². The standard InChI is InChI=1S/C14H19N5O4S2/c1-10(2)18-9-15-16-13(18)11-4-3-6-17(8-11)25(22,23)12-5-7-24-14(12)19(20)21/h5,7,9-11H,3-4,6,8H2,1-2H3. The Bertz CT molecular complexity index is 873. The van der Waals surface area contributed by atoms with E-state index < -0.39 is 14.9 Å². The Hall–Kier alpha value is -1.85. The molecule has 0 N–H and O–H groups in total. The van der Waals surface area contributed by atoms with Gasteiger partial charge >= 0.3 is 5.00 Å². The van der Waals surface area contributed by atoms with E-state index in [1.807, 2.05) is 18.4 Å². The molecular weight excluding hydrogens is 366 g/mol. The monoisotopic (exact) mass is 385 g/mol. The lowest BCUT2D eigenvalue weighted by molar-refractivity contribution is -0.383. The molecule has 1 fully saturated rings. The van der Waals surface area contributed by atoms with Crippen molar-refractivity contribution in [3.63, 3.8) is 0 Å². The third-order valence-electron chi connectivity index (χ3n) is 4.30.